The van der Waals surface area contributed by atoms with E-state index in [1.807, 2.05) is 6.20 Å². The summed E-state index contributed by atoms with van der Waals surface area (Å²) in [6.07, 6.45) is 8.31. The van der Waals surface area contributed by atoms with Gasteiger partial charge in [-0.25, -0.2) is 14.4 Å². The fraction of sp³-hybridized carbons (Fsp3) is 0.500. The average Bonchev–Trinajstić information content (AvgIpc) is 3.06. The van der Waals surface area contributed by atoms with Gasteiger partial charge < -0.3 is 9.64 Å². The first-order chi connectivity index (χ1) is 13.6. The summed E-state index contributed by atoms with van der Waals surface area (Å²) in [5.74, 6) is 1.11. The molecule has 0 unspecified atom stereocenters. The zero-order valence-electron chi connectivity index (χ0n) is 15.9. The third-order valence-electron chi connectivity index (χ3n) is 6.32. The maximum absolute atomic E-state index is 13.3. The maximum Gasteiger partial charge on any atom is 0.227 e. The van der Waals surface area contributed by atoms with Crippen molar-refractivity contribution in [3.8, 4) is 0 Å². The van der Waals surface area contributed by atoms with E-state index in [2.05, 4.69) is 4.98 Å². The largest absolute Gasteiger partial charge is 0.360 e. The van der Waals surface area contributed by atoms with Crippen LogP contribution in [0.2, 0.25) is 0 Å². The molecule has 1 amide bonds. The molecule has 1 saturated carbocycles. The summed E-state index contributed by atoms with van der Waals surface area (Å²) in [6.45, 7) is 1.52. The smallest absolute Gasteiger partial charge is 0.227 e. The predicted octanol–water partition coefficient (Wildman–Crippen LogP) is 3.47. The summed E-state index contributed by atoms with van der Waals surface area (Å²) in [6, 6.07) is 6.21. The van der Waals surface area contributed by atoms with E-state index in [1.165, 1.54) is 44.2 Å². The van der Waals surface area contributed by atoms with Gasteiger partial charge in [-0.15, -0.1) is 0 Å². The number of ether oxygens (including phenoxy) is 1. The number of hydrogen-bond acceptors (Lipinski definition) is 4. The standard InChI is InChI=1S/C22H24FN3O2/c23-17-8-4-5-15(9-17)10-20(27)26-13-22(14-26)18-11-24-21(25-19(18)12-28-22)16-6-2-1-3-7-16/h4-5,8-9,11,16H,1-3,6-7,10,12-14H2. The van der Waals surface area contributed by atoms with Crippen LogP contribution in [0.1, 0.15) is 60.7 Å². The predicted molar refractivity (Wildman–Crippen MR) is 101 cm³/mol. The number of aromatic nitrogens is 2. The number of carbonyl (C=O) groups is 1. The van der Waals surface area contributed by atoms with Crippen molar-refractivity contribution in [1.29, 1.82) is 0 Å². The molecule has 28 heavy (non-hydrogen) atoms. The highest BCUT2D eigenvalue weighted by atomic mass is 19.1. The van der Waals surface area contributed by atoms with Gasteiger partial charge in [-0.2, -0.15) is 0 Å². The molecule has 1 aromatic heterocycles. The highest BCUT2D eigenvalue weighted by molar-refractivity contribution is 5.80. The fourth-order valence-electron chi connectivity index (χ4n) is 4.71. The van der Waals surface area contributed by atoms with Crippen LogP contribution in [0.4, 0.5) is 4.39 Å². The number of fused-ring (bicyclic) bond motifs is 2. The van der Waals surface area contributed by atoms with Crippen molar-refractivity contribution in [1.82, 2.24) is 14.9 Å². The van der Waals surface area contributed by atoms with Gasteiger partial charge in [0.2, 0.25) is 5.91 Å². The Morgan fingerprint density at radius 2 is 2.07 bits per heavy atom. The highest BCUT2D eigenvalue weighted by Crippen LogP contribution is 2.43. The normalized spacial score (nSPS) is 20.8. The Balaban J connectivity index is 1.26. The number of amides is 1. The Kier molecular flexibility index (Phi) is 4.38. The van der Waals surface area contributed by atoms with E-state index in [0.717, 1.165) is 17.1 Å². The van der Waals surface area contributed by atoms with E-state index >= 15 is 0 Å². The Bertz CT molecular complexity index is 904. The van der Waals surface area contributed by atoms with Crippen LogP contribution in [-0.2, 0) is 28.2 Å². The van der Waals surface area contributed by atoms with Crippen molar-refractivity contribution in [3.05, 3.63) is 58.9 Å². The number of halogens is 1. The molecule has 5 nitrogen and oxygen atoms in total. The molecule has 2 aromatic rings. The van der Waals surface area contributed by atoms with Crippen LogP contribution in [-0.4, -0.2) is 33.9 Å². The van der Waals surface area contributed by atoms with Crippen molar-refractivity contribution >= 4 is 5.91 Å². The second-order valence-corrected chi connectivity index (χ2v) is 8.26. The van der Waals surface area contributed by atoms with Gasteiger partial charge in [-0.1, -0.05) is 31.4 Å². The second-order valence-electron chi connectivity index (χ2n) is 8.26. The number of likely N-dealkylation sites (tertiary alicyclic amines) is 1. The van der Waals surface area contributed by atoms with E-state index < -0.39 is 5.60 Å². The minimum atomic E-state index is -0.460. The number of benzene rings is 1. The zero-order valence-corrected chi connectivity index (χ0v) is 15.9. The molecule has 2 fully saturated rings. The molecule has 0 radical (unpaired) electrons. The quantitative estimate of drug-likeness (QED) is 0.817. The van der Waals surface area contributed by atoms with Crippen LogP contribution in [0.5, 0.6) is 0 Å². The lowest BCUT2D eigenvalue weighted by molar-refractivity contribution is -0.168. The van der Waals surface area contributed by atoms with E-state index in [-0.39, 0.29) is 18.1 Å². The molecular weight excluding hydrogens is 357 g/mol. The van der Waals surface area contributed by atoms with Crippen molar-refractivity contribution in [2.45, 2.75) is 56.7 Å². The molecule has 146 valence electrons. The fourth-order valence-corrected chi connectivity index (χ4v) is 4.71. The van der Waals surface area contributed by atoms with Crippen LogP contribution >= 0.6 is 0 Å². The summed E-state index contributed by atoms with van der Waals surface area (Å²) in [4.78, 5) is 23.8. The first-order valence-electron chi connectivity index (χ1n) is 10.2. The zero-order chi connectivity index (χ0) is 19.1. The molecule has 5 rings (SSSR count). The van der Waals surface area contributed by atoms with Gasteiger partial charge in [0.05, 0.1) is 31.8 Å². The second kappa shape index (κ2) is 6.92. The SMILES string of the molecule is O=C(Cc1cccc(F)c1)N1CC2(C1)OCc1nc(C3CCCCC3)ncc12. The number of carbonyl (C=O) groups excluding carboxylic acids is 1. The third kappa shape index (κ3) is 3.09. The van der Waals surface area contributed by atoms with E-state index in [0.29, 0.717) is 31.2 Å². The van der Waals surface area contributed by atoms with Crippen LogP contribution < -0.4 is 0 Å². The van der Waals surface area contributed by atoms with Crippen molar-refractivity contribution in [2.24, 2.45) is 0 Å². The molecule has 1 spiro atoms. The summed E-state index contributed by atoms with van der Waals surface area (Å²) in [5, 5.41) is 0. The molecule has 0 atom stereocenters. The van der Waals surface area contributed by atoms with E-state index in [1.54, 1.807) is 17.0 Å². The monoisotopic (exact) mass is 381 g/mol. The van der Waals surface area contributed by atoms with E-state index in [9.17, 15) is 9.18 Å². The van der Waals surface area contributed by atoms with Crippen molar-refractivity contribution < 1.29 is 13.9 Å². The lowest BCUT2D eigenvalue weighted by atomic mass is 9.86. The van der Waals surface area contributed by atoms with Crippen LogP contribution in [0, 0.1) is 5.82 Å². The molecule has 1 saturated heterocycles. The molecule has 3 heterocycles. The van der Waals surface area contributed by atoms with Gasteiger partial charge in [-0.3, -0.25) is 4.79 Å². The number of rotatable bonds is 3. The first kappa shape index (κ1) is 17.7. The molecule has 1 aliphatic carbocycles. The van der Waals surface area contributed by atoms with Gasteiger partial charge >= 0.3 is 0 Å². The van der Waals surface area contributed by atoms with Crippen molar-refractivity contribution in [3.63, 3.8) is 0 Å². The number of nitrogens with zero attached hydrogens (tertiary/aromatic N) is 3. The average molecular weight is 381 g/mol. The lowest BCUT2D eigenvalue weighted by Gasteiger charge is -2.47. The summed E-state index contributed by atoms with van der Waals surface area (Å²) < 4.78 is 19.4. The molecule has 2 aliphatic heterocycles. The highest BCUT2D eigenvalue weighted by Gasteiger charge is 2.52. The molecule has 6 heteroatoms. The third-order valence-corrected chi connectivity index (χ3v) is 6.32. The molecule has 0 bridgehead atoms. The minimum absolute atomic E-state index is 0.00646. The van der Waals surface area contributed by atoms with Gasteiger partial charge in [0.1, 0.15) is 17.2 Å². The molecule has 0 N–H and O–H groups in total. The lowest BCUT2D eigenvalue weighted by Crippen LogP contribution is -2.61. The first-order valence-corrected chi connectivity index (χ1v) is 10.2. The van der Waals surface area contributed by atoms with Crippen LogP contribution in [0.3, 0.4) is 0 Å². The van der Waals surface area contributed by atoms with Gasteiger partial charge in [0.15, 0.2) is 0 Å². The Morgan fingerprint density at radius 3 is 2.86 bits per heavy atom. The maximum atomic E-state index is 13.3. The van der Waals surface area contributed by atoms with Gasteiger partial charge in [0.25, 0.3) is 0 Å². The summed E-state index contributed by atoms with van der Waals surface area (Å²) in [7, 11) is 0. The molecule has 1 aromatic carbocycles. The summed E-state index contributed by atoms with van der Waals surface area (Å²) in [5.41, 5.74) is 2.24. The van der Waals surface area contributed by atoms with Crippen LogP contribution in [0.15, 0.2) is 30.5 Å². The molecular formula is C22H24FN3O2. The number of hydrogen-bond donors (Lipinski definition) is 0. The summed E-state index contributed by atoms with van der Waals surface area (Å²) >= 11 is 0. The topological polar surface area (TPSA) is 55.3 Å². The van der Waals surface area contributed by atoms with Crippen molar-refractivity contribution in [2.75, 3.05) is 13.1 Å². The van der Waals surface area contributed by atoms with E-state index in [4.69, 9.17) is 9.72 Å². The minimum Gasteiger partial charge on any atom is -0.360 e. The Morgan fingerprint density at radius 1 is 1.25 bits per heavy atom. The Hall–Kier alpha value is -2.34. The van der Waals surface area contributed by atoms with Gasteiger partial charge in [0, 0.05) is 17.7 Å². The molecule has 3 aliphatic rings. The Labute approximate surface area is 163 Å². The van der Waals surface area contributed by atoms with Gasteiger partial charge in [-0.05, 0) is 30.5 Å². The van der Waals surface area contributed by atoms with Crippen LogP contribution in [0.25, 0.3) is 0 Å².